The second kappa shape index (κ2) is 9.30. The molecule has 1 saturated carbocycles. The van der Waals surface area contributed by atoms with E-state index < -0.39 is 22.9 Å². The van der Waals surface area contributed by atoms with Crippen LogP contribution in [-0.4, -0.2) is 55.9 Å². The Morgan fingerprint density at radius 3 is 2.40 bits per heavy atom. The van der Waals surface area contributed by atoms with Gasteiger partial charge in [0.1, 0.15) is 11.7 Å². The summed E-state index contributed by atoms with van der Waals surface area (Å²) in [5.74, 6) is -1.02. The van der Waals surface area contributed by atoms with Crippen LogP contribution in [0.25, 0.3) is 21.9 Å². The molecule has 0 bridgehead atoms. The number of amides is 2. The summed E-state index contributed by atoms with van der Waals surface area (Å²) in [5, 5.41) is 1.91. The summed E-state index contributed by atoms with van der Waals surface area (Å²) in [6.07, 6.45) is 5.53. The lowest BCUT2D eigenvalue weighted by Crippen LogP contribution is -2.53. The lowest BCUT2D eigenvalue weighted by Gasteiger charge is -2.40. The minimum absolute atomic E-state index is 0.0815. The van der Waals surface area contributed by atoms with E-state index in [0.29, 0.717) is 11.4 Å². The monoisotopic (exact) mass is 572 g/mol. The predicted molar refractivity (Wildman–Crippen MR) is 148 cm³/mol. The van der Waals surface area contributed by atoms with E-state index in [0.717, 1.165) is 33.0 Å². The number of alkyl halides is 3. The number of likely N-dealkylation sites (tertiary alicyclic amines) is 1. The van der Waals surface area contributed by atoms with E-state index in [2.05, 4.69) is 15.0 Å². The van der Waals surface area contributed by atoms with E-state index in [-0.39, 0.29) is 51.2 Å². The fourth-order valence-corrected chi connectivity index (χ4v) is 6.67. The number of rotatable bonds is 4. The molecule has 5 heterocycles. The standard InChI is InChI=1S/C31H27F3N6O2/c1-19-2-3-22-20(12-19)15-38-24(26(22)21-13-36-18-37-14-21)17-40-25-16-35-9-4-23(25)29(27(40)41)7-10-39(11-8-29)28(42)30(5-6-30)31(32,33)34/h2-4,9,12-16,18H,5-8,10-11,17H2,1H3. The van der Waals surface area contributed by atoms with Gasteiger partial charge < -0.3 is 9.80 Å². The fourth-order valence-electron chi connectivity index (χ4n) is 6.67. The van der Waals surface area contributed by atoms with Crippen molar-refractivity contribution in [2.75, 3.05) is 18.0 Å². The Balaban J connectivity index is 1.23. The first-order valence-corrected chi connectivity index (χ1v) is 13.9. The lowest BCUT2D eigenvalue weighted by atomic mass is 9.73. The molecule has 8 nitrogen and oxygen atoms in total. The Morgan fingerprint density at radius 1 is 0.976 bits per heavy atom. The smallest absolute Gasteiger partial charge is 0.342 e. The number of carbonyl (C=O) groups is 2. The molecule has 0 unspecified atom stereocenters. The van der Waals surface area contributed by atoms with Gasteiger partial charge in [0.25, 0.3) is 0 Å². The van der Waals surface area contributed by atoms with Crippen molar-refractivity contribution in [3.63, 3.8) is 0 Å². The highest BCUT2D eigenvalue weighted by atomic mass is 19.4. The highest BCUT2D eigenvalue weighted by Crippen LogP contribution is 2.59. The lowest BCUT2D eigenvalue weighted by molar-refractivity contribution is -0.199. The minimum atomic E-state index is -4.56. The van der Waals surface area contributed by atoms with Gasteiger partial charge in [-0.25, -0.2) is 9.97 Å². The van der Waals surface area contributed by atoms with Crippen molar-refractivity contribution < 1.29 is 22.8 Å². The molecule has 42 heavy (non-hydrogen) atoms. The molecule has 1 spiro atoms. The summed E-state index contributed by atoms with van der Waals surface area (Å²) in [7, 11) is 0. The zero-order chi connectivity index (χ0) is 29.3. The predicted octanol–water partition coefficient (Wildman–Crippen LogP) is 5.14. The van der Waals surface area contributed by atoms with Crippen molar-refractivity contribution in [1.29, 1.82) is 0 Å². The van der Waals surface area contributed by atoms with Gasteiger partial charge in [-0.3, -0.25) is 19.6 Å². The molecule has 1 saturated heterocycles. The van der Waals surface area contributed by atoms with Crippen molar-refractivity contribution in [1.82, 2.24) is 24.8 Å². The van der Waals surface area contributed by atoms with Crippen LogP contribution in [-0.2, 0) is 21.5 Å². The molecule has 2 aliphatic heterocycles. The number of nitrogens with zero attached hydrogens (tertiary/aromatic N) is 6. The number of pyridine rings is 2. The number of hydrogen-bond donors (Lipinski definition) is 0. The van der Waals surface area contributed by atoms with Crippen molar-refractivity contribution in [2.24, 2.45) is 5.41 Å². The van der Waals surface area contributed by atoms with E-state index in [1.165, 1.54) is 11.2 Å². The maximum absolute atomic E-state index is 14.3. The van der Waals surface area contributed by atoms with E-state index >= 15 is 0 Å². The number of piperidine rings is 1. The summed E-state index contributed by atoms with van der Waals surface area (Å²) in [5.41, 5.74) is 1.58. The molecule has 11 heteroatoms. The Bertz CT molecular complexity index is 1730. The molecule has 7 rings (SSSR count). The zero-order valence-corrected chi connectivity index (χ0v) is 22.9. The molecule has 1 aromatic carbocycles. The average Bonchev–Trinajstić information content (AvgIpc) is 3.79. The van der Waals surface area contributed by atoms with Gasteiger partial charge in [0.05, 0.1) is 29.5 Å². The Morgan fingerprint density at radius 2 is 1.71 bits per heavy atom. The molecule has 3 aromatic heterocycles. The van der Waals surface area contributed by atoms with Gasteiger partial charge in [0.15, 0.2) is 0 Å². The van der Waals surface area contributed by atoms with Crippen molar-refractivity contribution in [3.05, 3.63) is 78.4 Å². The van der Waals surface area contributed by atoms with E-state index in [4.69, 9.17) is 4.98 Å². The highest BCUT2D eigenvalue weighted by Gasteiger charge is 2.69. The van der Waals surface area contributed by atoms with Crippen LogP contribution in [0.2, 0.25) is 0 Å². The third-order valence-corrected chi connectivity index (χ3v) is 9.15. The van der Waals surface area contributed by atoms with Gasteiger partial charge in [-0.2, -0.15) is 13.2 Å². The third kappa shape index (κ3) is 3.89. The van der Waals surface area contributed by atoms with Crippen LogP contribution in [0.4, 0.5) is 18.9 Å². The number of fused-ring (bicyclic) bond motifs is 3. The number of hydrogen-bond acceptors (Lipinski definition) is 6. The molecule has 2 amide bonds. The molecular weight excluding hydrogens is 545 g/mol. The molecule has 214 valence electrons. The maximum Gasteiger partial charge on any atom is 0.403 e. The number of aromatic nitrogens is 4. The van der Waals surface area contributed by atoms with Crippen LogP contribution in [0, 0.1) is 12.3 Å². The molecule has 1 aliphatic carbocycles. The topological polar surface area (TPSA) is 92.2 Å². The molecule has 0 atom stereocenters. The van der Waals surface area contributed by atoms with Crippen molar-refractivity contribution in [2.45, 2.75) is 50.7 Å². The van der Waals surface area contributed by atoms with Gasteiger partial charge in [-0.1, -0.05) is 17.7 Å². The summed E-state index contributed by atoms with van der Waals surface area (Å²) in [4.78, 5) is 47.7. The summed E-state index contributed by atoms with van der Waals surface area (Å²) < 4.78 is 41.0. The highest BCUT2D eigenvalue weighted by molar-refractivity contribution is 6.08. The average molecular weight is 573 g/mol. The quantitative estimate of drug-likeness (QED) is 0.336. The first-order chi connectivity index (χ1) is 20.1. The van der Waals surface area contributed by atoms with E-state index in [9.17, 15) is 22.8 Å². The first kappa shape index (κ1) is 26.5. The third-order valence-electron chi connectivity index (χ3n) is 9.15. The summed E-state index contributed by atoms with van der Waals surface area (Å²) >= 11 is 0. The Labute approximate surface area is 239 Å². The summed E-state index contributed by atoms with van der Waals surface area (Å²) in [6.45, 7) is 2.33. The van der Waals surface area contributed by atoms with Crippen molar-refractivity contribution >= 4 is 28.3 Å². The summed E-state index contributed by atoms with van der Waals surface area (Å²) in [6, 6.07) is 7.91. The number of aryl methyl sites for hydroxylation is 1. The normalized spacial score (nSPS) is 18.9. The van der Waals surface area contributed by atoms with E-state index in [1.807, 2.05) is 31.2 Å². The van der Waals surface area contributed by atoms with Gasteiger partial charge in [0.2, 0.25) is 11.8 Å². The molecule has 3 aliphatic rings. The van der Waals surface area contributed by atoms with Gasteiger partial charge in [0, 0.05) is 54.4 Å². The van der Waals surface area contributed by atoms with Crippen LogP contribution in [0.3, 0.4) is 0 Å². The molecule has 2 fully saturated rings. The molecule has 0 radical (unpaired) electrons. The molecule has 4 aromatic rings. The SMILES string of the molecule is Cc1ccc2c(-c3cncnc3)c(CN3C(=O)C4(CCN(C(=O)C5(C(F)(F)F)CC5)CC4)c4ccncc43)ncc2c1. The van der Waals surface area contributed by atoms with Gasteiger partial charge >= 0.3 is 6.18 Å². The van der Waals surface area contributed by atoms with Gasteiger partial charge in [-0.15, -0.1) is 0 Å². The van der Waals surface area contributed by atoms with Crippen LogP contribution < -0.4 is 4.90 Å². The fraction of sp³-hybridized carbons (Fsp3) is 0.355. The number of anilines is 1. The van der Waals surface area contributed by atoms with E-state index in [1.54, 1.807) is 35.9 Å². The van der Waals surface area contributed by atoms with Gasteiger partial charge in [-0.05, 0) is 55.7 Å². The van der Waals surface area contributed by atoms with Crippen LogP contribution >= 0.6 is 0 Å². The number of carbonyl (C=O) groups excluding carboxylic acids is 2. The van der Waals surface area contributed by atoms with Crippen LogP contribution in [0.5, 0.6) is 0 Å². The zero-order valence-electron chi connectivity index (χ0n) is 22.9. The first-order valence-electron chi connectivity index (χ1n) is 13.9. The largest absolute Gasteiger partial charge is 0.403 e. The Hall–Kier alpha value is -4.41. The minimum Gasteiger partial charge on any atom is -0.342 e. The maximum atomic E-state index is 14.3. The van der Waals surface area contributed by atoms with Crippen LogP contribution in [0.15, 0.2) is 61.6 Å². The van der Waals surface area contributed by atoms with Crippen LogP contribution in [0.1, 0.15) is 42.5 Å². The number of halogens is 3. The number of benzene rings is 1. The van der Waals surface area contributed by atoms with Crippen molar-refractivity contribution in [3.8, 4) is 11.1 Å². The molecule has 0 N–H and O–H groups in total. The second-order valence-corrected chi connectivity index (χ2v) is 11.5. The second-order valence-electron chi connectivity index (χ2n) is 11.5. The Kier molecular flexibility index (Phi) is 5.87. The molecular formula is C31H27F3N6O2.